The van der Waals surface area contributed by atoms with Gasteiger partial charge in [-0.15, -0.1) is 0 Å². The first-order valence-electron chi connectivity index (χ1n) is 4.56. The van der Waals surface area contributed by atoms with Crippen LogP contribution in [0.3, 0.4) is 0 Å². The summed E-state index contributed by atoms with van der Waals surface area (Å²) in [6.45, 7) is 5.90. The molecule has 0 aliphatic rings. The van der Waals surface area contributed by atoms with Crippen LogP contribution >= 0.6 is 15.9 Å². The third kappa shape index (κ3) is 3.00. The number of aryl methyl sites for hydroxylation is 1. The van der Waals surface area contributed by atoms with E-state index < -0.39 is 0 Å². The standard InChI is InChI=1S/C11H16BrNO/c1-7-4-9(14)5-8(10(7)12)6-11(2,3)13/h4-5,14H,6,13H2,1-3H3. The molecule has 0 unspecified atom stereocenters. The summed E-state index contributed by atoms with van der Waals surface area (Å²) in [6, 6.07) is 3.49. The molecule has 78 valence electrons. The number of halogens is 1. The molecule has 0 aromatic heterocycles. The van der Waals surface area contributed by atoms with E-state index in [1.165, 1.54) is 0 Å². The lowest BCUT2D eigenvalue weighted by atomic mass is 9.95. The minimum Gasteiger partial charge on any atom is -0.508 e. The van der Waals surface area contributed by atoms with Gasteiger partial charge in [0.2, 0.25) is 0 Å². The molecule has 1 aromatic carbocycles. The Morgan fingerprint density at radius 2 is 2.00 bits per heavy atom. The number of nitrogens with two attached hydrogens (primary N) is 1. The summed E-state index contributed by atoms with van der Waals surface area (Å²) in [5, 5.41) is 9.45. The average molecular weight is 258 g/mol. The number of benzene rings is 1. The Balaban J connectivity index is 3.09. The maximum Gasteiger partial charge on any atom is 0.116 e. The van der Waals surface area contributed by atoms with Gasteiger partial charge < -0.3 is 10.8 Å². The zero-order valence-electron chi connectivity index (χ0n) is 8.76. The molecule has 0 saturated heterocycles. The highest BCUT2D eigenvalue weighted by molar-refractivity contribution is 9.10. The number of hydrogen-bond donors (Lipinski definition) is 2. The Bertz CT molecular complexity index is 342. The van der Waals surface area contributed by atoms with E-state index in [9.17, 15) is 5.11 Å². The van der Waals surface area contributed by atoms with Gasteiger partial charge in [0.25, 0.3) is 0 Å². The first kappa shape index (κ1) is 11.5. The van der Waals surface area contributed by atoms with Gasteiger partial charge in [-0.3, -0.25) is 0 Å². The van der Waals surface area contributed by atoms with Gasteiger partial charge in [-0.2, -0.15) is 0 Å². The summed E-state index contributed by atoms with van der Waals surface area (Å²) in [7, 11) is 0. The van der Waals surface area contributed by atoms with Crippen molar-refractivity contribution < 1.29 is 5.11 Å². The van der Waals surface area contributed by atoms with Crippen LogP contribution in [-0.2, 0) is 6.42 Å². The minimum atomic E-state index is -0.261. The van der Waals surface area contributed by atoms with E-state index in [1.807, 2.05) is 20.8 Å². The highest BCUT2D eigenvalue weighted by Crippen LogP contribution is 2.28. The predicted molar refractivity (Wildman–Crippen MR) is 62.5 cm³/mol. The van der Waals surface area contributed by atoms with Crippen LogP contribution < -0.4 is 5.73 Å². The third-order valence-electron chi connectivity index (χ3n) is 1.96. The molecule has 1 rings (SSSR count). The fourth-order valence-electron chi connectivity index (χ4n) is 1.44. The molecular formula is C11H16BrNO. The second-order valence-electron chi connectivity index (χ2n) is 4.40. The molecule has 3 N–H and O–H groups in total. The number of phenolic OH excluding ortho intramolecular Hbond substituents is 1. The molecule has 0 aliphatic carbocycles. The SMILES string of the molecule is Cc1cc(O)cc(CC(C)(C)N)c1Br. The average Bonchev–Trinajstić information content (AvgIpc) is 1.96. The molecule has 0 bridgehead atoms. The fourth-order valence-corrected chi connectivity index (χ4v) is 1.81. The van der Waals surface area contributed by atoms with Crippen molar-refractivity contribution in [2.75, 3.05) is 0 Å². The molecule has 2 nitrogen and oxygen atoms in total. The van der Waals surface area contributed by atoms with Gasteiger partial charge in [-0.1, -0.05) is 15.9 Å². The zero-order valence-corrected chi connectivity index (χ0v) is 10.4. The molecule has 0 saturated carbocycles. The quantitative estimate of drug-likeness (QED) is 0.856. The molecule has 0 amide bonds. The Kier molecular flexibility index (Phi) is 3.22. The molecule has 0 radical (unpaired) electrons. The number of rotatable bonds is 2. The topological polar surface area (TPSA) is 46.2 Å². The Hall–Kier alpha value is -0.540. The molecule has 14 heavy (non-hydrogen) atoms. The van der Waals surface area contributed by atoms with Crippen LogP contribution in [0.1, 0.15) is 25.0 Å². The van der Waals surface area contributed by atoms with Gasteiger partial charge in [0, 0.05) is 10.0 Å². The summed E-state index contributed by atoms with van der Waals surface area (Å²) < 4.78 is 1.04. The zero-order chi connectivity index (χ0) is 10.9. The summed E-state index contributed by atoms with van der Waals surface area (Å²) in [4.78, 5) is 0. The molecule has 0 heterocycles. The number of aromatic hydroxyl groups is 1. The van der Waals surface area contributed by atoms with E-state index in [1.54, 1.807) is 12.1 Å². The second-order valence-corrected chi connectivity index (χ2v) is 5.19. The first-order valence-corrected chi connectivity index (χ1v) is 5.36. The molecule has 0 spiro atoms. The Morgan fingerprint density at radius 1 is 1.43 bits per heavy atom. The van der Waals surface area contributed by atoms with Crippen LogP contribution in [-0.4, -0.2) is 10.6 Å². The van der Waals surface area contributed by atoms with Gasteiger partial charge in [-0.25, -0.2) is 0 Å². The molecule has 0 fully saturated rings. The van der Waals surface area contributed by atoms with Crippen LogP contribution in [0.2, 0.25) is 0 Å². The van der Waals surface area contributed by atoms with Crippen LogP contribution in [0.25, 0.3) is 0 Å². The molecule has 0 atom stereocenters. The second kappa shape index (κ2) is 3.91. The molecule has 3 heteroatoms. The molecule has 1 aromatic rings. The lowest BCUT2D eigenvalue weighted by molar-refractivity contribution is 0.470. The van der Waals surface area contributed by atoms with Gasteiger partial charge in [0.1, 0.15) is 5.75 Å². The lowest BCUT2D eigenvalue weighted by Gasteiger charge is -2.20. The van der Waals surface area contributed by atoms with Crippen molar-refractivity contribution in [3.05, 3.63) is 27.7 Å². The highest BCUT2D eigenvalue weighted by atomic mass is 79.9. The fraction of sp³-hybridized carbons (Fsp3) is 0.455. The van der Waals surface area contributed by atoms with Crippen molar-refractivity contribution in [2.45, 2.75) is 32.7 Å². The third-order valence-corrected chi connectivity index (χ3v) is 3.10. The van der Waals surface area contributed by atoms with E-state index in [4.69, 9.17) is 5.73 Å². The van der Waals surface area contributed by atoms with Crippen LogP contribution in [0, 0.1) is 6.92 Å². The van der Waals surface area contributed by atoms with Gasteiger partial charge >= 0.3 is 0 Å². The van der Waals surface area contributed by atoms with Gasteiger partial charge in [-0.05, 0) is 50.5 Å². The monoisotopic (exact) mass is 257 g/mol. The maximum absolute atomic E-state index is 9.45. The highest BCUT2D eigenvalue weighted by Gasteiger charge is 2.15. The molecule has 0 aliphatic heterocycles. The van der Waals surface area contributed by atoms with Crippen molar-refractivity contribution in [1.29, 1.82) is 0 Å². The van der Waals surface area contributed by atoms with Crippen molar-refractivity contribution in [1.82, 2.24) is 0 Å². The maximum atomic E-state index is 9.45. The van der Waals surface area contributed by atoms with Gasteiger partial charge in [0.05, 0.1) is 0 Å². The van der Waals surface area contributed by atoms with Crippen LogP contribution in [0.4, 0.5) is 0 Å². The number of hydrogen-bond acceptors (Lipinski definition) is 2. The van der Waals surface area contributed by atoms with E-state index >= 15 is 0 Å². The Morgan fingerprint density at radius 3 is 2.50 bits per heavy atom. The van der Waals surface area contributed by atoms with E-state index in [0.29, 0.717) is 5.75 Å². The predicted octanol–water partition coefficient (Wildman–Crippen LogP) is 2.74. The number of phenols is 1. The summed E-state index contributed by atoms with van der Waals surface area (Å²) in [5.74, 6) is 0.296. The van der Waals surface area contributed by atoms with E-state index in [-0.39, 0.29) is 5.54 Å². The van der Waals surface area contributed by atoms with E-state index in [2.05, 4.69) is 15.9 Å². The van der Waals surface area contributed by atoms with Crippen molar-refractivity contribution in [3.63, 3.8) is 0 Å². The first-order chi connectivity index (χ1) is 6.29. The smallest absolute Gasteiger partial charge is 0.116 e. The van der Waals surface area contributed by atoms with Crippen molar-refractivity contribution >= 4 is 15.9 Å². The Labute approximate surface area is 93.3 Å². The van der Waals surface area contributed by atoms with E-state index in [0.717, 1.165) is 22.0 Å². The summed E-state index contributed by atoms with van der Waals surface area (Å²) in [5.41, 5.74) is 7.76. The van der Waals surface area contributed by atoms with Crippen LogP contribution in [0.5, 0.6) is 5.75 Å². The normalized spacial score (nSPS) is 11.8. The lowest BCUT2D eigenvalue weighted by Crippen LogP contribution is -2.34. The largest absolute Gasteiger partial charge is 0.508 e. The van der Waals surface area contributed by atoms with Gasteiger partial charge in [0.15, 0.2) is 0 Å². The summed E-state index contributed by atoms with van der Waals surface area (Å²) >= 11 is 3.50. The van der Waals surface area contributed by atoms with Crippen LogP contribution in [0.15, 0.2) is 16.6 Å². The molecular weight excluding hydrogens is 242 g/mol. The van der Waals surface area contributed by atoms with Crippen molar-refractivity contribution in [3.8, 4) is 5.75 Å². The summed E-state index contributed by atoms with van der Waals surface area (Å²) in [6.07, 6.45) is 0.739. The minimum absolute atomic E-state index is 0.261. The van der Waals surface area contributed by atoms with Crippen molar-refractivity contribution in [2.24, 2.45) is 5.73 Å².